The quantitative estimate of drug-likeness (QED) is 0.487. The normalized spacial score (nSPS) is 11.5. The highest BCUT2D eigenvalue weighted by molar-refractivity contribution is 5.64. The summed E-state index contributed by atoms with van der Waals surface area (Å²) in [6.07, 6.45) is 0.876. The zero-order chi connectivity index (χ0) is 8.20. The molecule has 60 valence electrons. The van der Waals surface area contributed by atoms with Crippen molar-refractivity contribution in [1.29, 1.82) is 0 Å². The van der Waals surface area contributed by atoms with Crippen LogP contribution in [-0.2, 0) is 4.79 Å². The maximum atomic E-state index is 9.97. The Labute approximate surface area is 61.9 Å². The smallest absolute Gasteiger partial charge is 0.0784 e. The topological polar surface area (TPSA) is 40.1 Å². The van der Waals surface area contributed by atoms with Gasteiger partial charge in [-0.1, -0.05) is 0 Å². The van der Waals surface area contributed by atoms with E-state index in [2.05, 4.69) is 0 Å². The Morgan fingerprint density at radius 1 is 1.40 bits per heavy atom. The number of nitrogens with zero attached hydrogens (tertiary/aromatic N) is 1. The Bertz CT molecular complexity index is 115. The van der Waals surface area contributed by atoms with E-state index < -0.39 is 5.97 Å². The van der Waals surface area contributed by atoms with Gasteiger partial charge in [0.1, 0.15) is 0 Å². The van der Waals surface area contributed by atoms with Gasteiger partial charge in [0.15, 0.2) is 0 Å². The summed E-state index contributed by atoms with van der Waals surface area (Å²) in [6.45, 7) is 0.883. The average molecular weight is 145 g/mol. The van der Waals surface area contributed by atoms with Crippen LogP contribution in [0.15, 0.2) is 0 Å². The molecule has 0 fully saturated rings. The van der Waals surface area contributed by atoms with Crippen LogP contribution in [0.1, 0.15) is 12.8 Å². The molecule has 0 aliphatic rings. The van der Waals surface area contributed by atoms with Crippen LogP contribution in [0.5, 0.6) is 0 Å². The highest BCUT2D eigenvalue weighted by atomic mass is 16.4. The van der Waals surface area contributed by atoms with Gasteiger partial charge in [0.25, 0.3) is 0 Å². The number of carboxylic acids is 1. The fourth-order valence-electron chi connectivity index (χ4n) is 0.698. The monoisotopic (exact) mass is 145 g/mol. The number of carboxylic acid groups (broad SMARTS) is 1. The second kappa shape index (κ2) is 3.56. The third kappa shape index (κ3) is 7.43. The molecular formula is C7H15NO2. The SMILES string of the molecule is C[N+](C)(C)CCCC(=O)[O-]. The molecule has 0 bridgehead atoms. The number of quaternary nitrogens is 1. The standard InChI is InChI=1S/C7H15NO2/c1-8(2,3)6-4-5-7(9)10/h4-6H2,1-3H3. The van der Waals surface area contributed by atoms with E-state index in [1.54, 1.807) is 0 Å². The van der Waals surface area contributed by atoms with Crippen molar-refractivity contribution in [2.75, 3.05) is 27.7 Å². The van der Waals surface area contributed by atoms with Crippen molar-refractivity contribution < 1.29 is 14.4 Å². The van der Waals surface area contributed by atoms with Gasteiger partial charge in [-0.05, 0) is 6.42 Å². The van der Waals surface area contributed by atoms with Crippen molar-refractivity contribution in [2.45, 2.75) is 12.8 Å². The Kier molecular flexibility index (Phi) is 3.36. The number of carbonyl (C=O) groups excluding carboxylic acids is 1. The molecule has 0 N–H and O–H groups in total. The second-order valence-electron chi connectivity index (χ2n) is 3.49. The molecule has 0 heterocycles. The molecule has 0 aromatic carbocycles. The highest BCUT2D eigenvalue weighted by Gasteiger charge is 2.04. The zero-order valence-corrected chi connectivity index (χ0v) is 6.89. The maximum absolute atomic E-state index is 9.97. The Morgan fingerprint density at radius 2 is 1.90 bits per heavy atom. The minimum absolute atomic E-state index is 0.176. The van der Waals surface area contributed by atoms with Crippen LogP contribution in [0.3, 0.4) is 0 Å². The Hall–Kier alpha value is -0.570. The fraction of sp³-hybridized carbons (Fsp3) is 0.857. The van der Waals surface area contributed by atoms with Gasteiger partial charge in [-0.2, -0.15) is 0 Å². The summed E-state index contributed by atoms with van der Waals surface area (Å²) in [5, 5.41) is 9.97. The molecular weight excluding hydrogens is 130 g/mol. The lowest BCUT2D eigenvalue weighted by atomic mass is 10.3. The van der Waals surface area contributed by atoms with Crippen LogP contribution in [0.4, 0.5) is 0 Å². The van der Waals surface area contributed by atoms with Gasteiger partial charge < -0.3 is 14.4 Å². The lowest BCUT2D eigenvalue weighted by molar-refractivity contribution is -0.870. The molecule has 0 spiro atoms. The van der Waals surface area contributed by atoms with E-state index in [9.17, 15) is 9.90 Å². The molecule has 0 aliphatic heterocycles. The van der Waals surface area contributed by atoms with E-state index in [0.717, 1.165) is 11.0 Å². The first kappa shape index (κ1) is 9.43. The molecule has 0 atom stereocenters. The lowest BCUT2D eigenvalue weighted by Gasteiger charge is -2.23. The second-order valence-corrected chi connectivity index (χ2v) is 3.49. The van der Waals surface area contributed by atoms with Crippen molar-refractivity contribution >= 4 is 5.97 Å². The minimum Gasteiger partial charge on any atom is -0.550 e. The highest BCUT2D eigenvalue weighted by Crippen LogP contribution is 1.95. The van der Waals surface area contributed by atoms with Crippen LogP contribution in [0.2, 0.25) is 0 Å². The van der Waals surface area contributed by atoms with Crippen molar-refractivity contribution in [2.24, 2.45) is 0 Å². The van der Waals surface area contributed by atoms with E-state index in [4.69, 9.17) is 0 Å². The van der Waals surface area contributed by atoms with Crippen LogP contribution < -0.4 is 5.11 Å². The first-order valence-electron chi connectivity index (χ1n) is 3.42. The van der Waals surface area contributed by atoms with Gasteiger partial charge in [-0.15, -0.1) is 0 Å². The van der Waals surface area contributed by atoms with Crippen LogP contribution in [0.25, 0.3) is 0 Å². The summed E-state index contributed by atoms with van der Waals surface area (Å²) >= 11 is 0. The molecule has 0 rings (SSSR count). The number of hydrogen-bond donors (Lipinski definition) is 0. The van der Waals surface area contributed by atoms with Gasteiger partial charge in [0.05, 0.1) is 27.7 Å². The molecule has 0 saturated heterocycles. The van der Waals surface area contributed by atoms with Gasteiger partial charge in [-0.25, -0.2) is 0 Å². The molecule has 3 heteroatoms. The van der Waals surface area contributed by atoms with E-state index in [1.165, 1.54) is 0 Å². The van der Waals surface area contributed by atoms with Crippen molar-refractivity contribution in [3.8, 4) is 0 Å². The largest absolute Gasteiger partial charge is 0.550 e. The number of aliphatic carboxylic acids is 1. The maximum Gasteiger partial charge on any atom is 0.0784 e. The molecule has 10 heavy (non-hydrogen) atoms. The minimum atomic E-state index is -0.951. The molecule has 0 aromatic rings. The van der Waals surface area contributed by atoms with Crippen molar-refractivity contribution in [3.63, 3.8) is 0 Å². The van der Waals surface area contributed by atoms with Gasteiger partial charge in [0, 0.05) is 12.4 Å². The predicted molar refractivity (Wildman–Crippen MR) is 37.1 cm³/mol. The van der Waals surface area contributed by atoms with Crippen LogP contribution in [0, 0.1) is 0 Å². The van der Waals surface area contributed by atoms with Gasteiger partial charge >= 0.3 is 0 Å². The molecule has 3 nitrogen and oxygen atoms in total. The number of hydrogen-bond acceptors (Lipinski definition) is 2. The summed E-state index contributed by atoms with van der Waals surface area (Å²) in [5.74, 6) is -0.951. The lowest BCUT2D eigenvalue weighted by Crippen LogP contribution is -2.36. The predicted octanol–water partition coefficient (Wildman–Crippen LogP) is -0.777. The molecule has 0 radical (unpaired) electrons. The number of rotatable bonds is 4. The van der Waals surface area contributed by atoms with Gasteiger partial charge in [-0.3, -0.25) is 0 Å². The summed E-state index contributed by atoms with van der Waals surface area (Å²) in [5.41, 5.74) is 0. The summed E-state index contributed by atoms with van der Waals surface area (Å²) < 4.78 is 0.813. The van der Waals surface area contributed by atoms with Gasteiger partial charge in [0.2, 0.25) is 0 Å². The number of carbonyl (C=O) groups is 1. The summed E-state index contributed by atoms with van der Waals surface area (Å²) in [4.78, 5) is 9.97. The Morgan fingerprint density at radius 3 is 2.20 bits per heavy atom. The Balaban J connectivity index is 3.29. The first-order chi connectivity index (χ1) is 4.42. The molecule has 0 aromatic heterocycles. The van der Waals surface area contributed by atoms with E-state index >= 15 is 0 Å². The van der Waals surface area contributed by atoms with Crippen LogP contribution in [-0.4, -0.2) is 38.1 Å². The molecule has 0 unspecified atom stereocenters. The fourth-order valence-corrected chi connectivity index (χ4v) is 0.698. The zero-order valence-electron chi connectivity index (χ0n) is 6.89. The van der Waals surface area contributed by atoms with E-state index in [-0.39, 0.29) is 6.42 Å². The molecule has 0 aliphatic carbocycles. The summed E-state index contributed by atoms with van der Waals surface area (Å²) in [7, 11) is 6.11. The average Bonchev–Trinajstić information content (AvgIpc) is 1.59. The molecule has 0 amide bonds. The van der Waals surface area contributed by atoms with E-state index in [0.29, 0.717) is 6.42 Å². The molecule has 0 saturated carbocycles. The van der Waals surface area contributed by atoms with E-state index in [1.807, 2.05) is 21.1 Å². The van der Waals surface area contributed by atoms with Crippen LogP contribution >= 0.6 is 0 Å². The third-order valence-corrected chi connectivity index (χ3v) is 1.21. The van der Waals surface area contributed by atoms with Crippen molar-refractivity contribution in [3.05, 3.63) is 0 Å². The first-order valence-corrected chi connectivity index (χ1v) is 3.42. The van der Waals surface area contributed by atoms with Crippen molar-refractivity contribution in [1.82, 2.24) is 0 Å². The summed E-state index contributed by atoms with van der Waals surface area (Å²) in [6, 6.07) is 0. The third-order valence-electron chi connectivity index (χ3n) is 1.21.